The number of aliphatic hydroxyl groups excluding tert-OH is 1. The largest absolute Gasteiger partial charge is 0.463 e. The molecule has 1 N–H and O–H groups in total. The Hall–Kier alpha value is -2.54. The van der Waals surface area contributed by atoms with Crippen molar-refractivity contribution in [3.8, 4) is 0 Å². The maximum absolute atomic E-state index is 14.0. The van der Waals surface area contributed by atoms with Gasteiger partial charge in [0, 0.05) is 18.7 Å². The highest BCUT2D eigenvalue weighted by atomic mass is 19.1. The highest BCUT2D eigenvalue weighted by molar-refractivity contribution is 5.87. The molecule has 3 rings (SSSR count). The van der Waals surface area contributed by atoms with Gasteiger partial charge in [0.1, 0.15) is 5.82 Å². The molecule has 35 heavy (non-hydrogen) atoms. The van der Waals surface area contributed by atoms with Crippen molar-refractivity contribution in [1.29, 1.82) is 0 Å². The molecule has 1 saturated heterocycles. The van der Waals surface area contributed by atoms with Crippen molar-refractivity contribution in [2.75, 3.05) is 26.3 Å². The van der Waals surface area contributed by atoms with Gasteiger partial charge in [0.25, 0.3) is 0 Å². The molecule has 5 nitrogen and oxygen atoms in total. The van der Waals surface area contributed by atoms with E-state index in [9.17, 15) is 14.3 Å². The van der Waals surface area contributed by atoms with Crippen LogP contribution in [-0.4, -0.2) is 54.4 Å². The lowest BCUT2D eigenvalue weighted by Crippen LogP contribution is -2.39. The van der Waals surface area contributed by atoms with E-state index in [1.165, 1.54) is 6.08 Å². The van der Waals surface area contributed by atoms with Gasteiger partial charge in [0.05, 0.1) is 25.4 Å². The van der Waals surface area contributed by atoms with Crippen LogP contribution < -0.4 is 0 Å². The minimum Gasteiger partial charge on any atom is -0.463 e. The van der Waals surface area contributed by atoms with Gasteiger partial charge < -0.3 is 14.6 Å². The lowest BCUT2D eigenvalue weighted by Gasteiger charge is -2.28. The van der Waals surface area contributed by atoms with E-state index in [4.69, 9.17) is 9.47 Å². The second kappa shape index (κ2) is 13.0. The Labute approximate surface area is 208 Å². The van der Waals surface area contributed by atoms with Crippen molar-refractivity contribution in [2.24, 2.45) is 0 Å². The SMILES string of the molecule is CCOC(=O)/C=C/c1c(C)cccc1[C@@H](C)OC[C@H](O)CN1CCC[C@H]1Cc1ccc(C)c(F)c1. The van der Waals surface area contributed by atoms with E-state index in [-0.39, 0.29) is 24.5 Å². The second-order valence-corrected chi connectivity index (χ2v) is 9.37. The smallest absolute Gasteiger partial charge is 0.330 e. The first-order chi connectivity index (χ1) is 16.8. The van der Waals surface area contributed by atoms with Crippen LogP contribution in [0.2, 0.25) is 0 Å². The van der Waals surface area contributed by atoms with Crippen LogP contribution in [-0.2, 0) is 20.7 Å². The number of rotatable bonds is 11. The maximum atomic E-state index is 14.0. The first kappa shape index (κ1) is 27.1. The summed E-state index contributed by atoms with van der Waals surface area (Å²) in [6.07, 6.45) is 5.21. The molecule has 2 aromatic rings. The van der Waals surface area contributed by atoms with Gasteiger partial charge in [-0.3, -0.25) is 4.90 Å². The predicted octanol–water partition coefficient (Wildman–Crippen LogP) is 5.16. The molecule has 1 heterocycles. The first-order valence-electron chi connectivity index (χ1n) is 12.5. The van der Waals surface area contributed by atoms with Gasteiger partial charge >= 0.3 is 5.97 Å². The van der Waals surface area contributed by atoms with Gasteiger partial charge in [-0.25, -0.2) is 9.18 Å². The fraction of sp³-hybridized carbons (Fsp3) is 0.483. The summed E-state index contributed by atoms with van der Waals surface area (Å²) in [7, 11) is 0. The number of ether oxygens (including phenoxy) is 2. The number of aliphatic hydroxyl groups is 1. The van der Waals surface area contributed by atoms with Crippen molar-refractivity contribution in [1.82, 2.24) is 4.90 Å². The number of hydrogen-bond acceptors (Lipinski definition) is 5. The molecule has 1 aliphatic rings. The monoisotopic (exact) mass is 483 g/mol. The molecule has 1 aliphatic heterocycles. The number of halogens is 1. The van der Waals surface area contributed by atoms with Crippen molar-refractivity contribution < 1.29 is 23.8 Å². The third-order valence-electron chi connectivity index (χ3n) is 6.66. The summed E-state index contributed by atoms with van der Waals surface area (Å²) in [5.41, 5.74) is 4.57. The fourth-order valence-electron chi connectivity index (χ4n) is 4.70. The van der Waals surface area contributed by atoms with Crippen molar-refractivity contribution in [2.45, 2.75) is 65.2 Å². The summed E-state index contributed by atoms with van der Waals surface area (Å²) < 4.78 is 25.0. The summed E-state index contributed by atoms with van der Waals surface area (Å²) in [5.74, 6) is -0.540. The third-order valence-corrected chi connectivity index (χ3v) is 6.66. The quantitative estimate of drug-likeness (QED) is 0.353. The zero-order chi connectivity index (χ0) is 25.4. The average molecular weight is 484 g/mol. The van der Waals surface area contributed by atoms with Crippen molar-refractivity contribution in [3.63, 3.8) is 0 Å². The van der Waals surface area contributed by atoms with Gasteiger partial charge in [-0.2, -0.15) is 0 Å². The van der Waals surface area contributed by atoms with E-state index < -0.39 is 6.10 Å². The summed E-state index contributed by atoms with van der Waals surface area (Å²) >= 11 is 0. The van der Waals surface area contributed by atoms with Crippen molar-refractivity contribution in [3.05, 3.63) is 76.1 Å². The lowest BCUT2D eigenvalue weighted by molar-refractivity contribution is -0.137. The van der Waals surface area contributed by atoms with E-state index >= 15 is 0 Å². The van der Waals surface area contributed by atoms with Crippen LogP contribution in [0.25, 0.3) is 6.08 Å². The normalized spacial score (nSPS) is 18.2. The summed E-state index contributed by atoms with van der Waals surface area (Å²) in [5, 5.41) is 10.7. The number of β-amino-alcohol motifs (C(OH)–C–C–N with tert-alkyl or cyclic N) is 1. The molecular weight excluding hydrogens is 445 g/mol. The van der Waals surface area contributed by atoms with E-state index in [0.717, 1.165) is 48.1 Å². The highest BCUT2D eigenvalue weighted by Gasteiger charge is 2.27. The van der Waals surface area contributed by atoms with Crippen LogP contribution in [0, 0.1) is 19.7 Å². The summed E-state index contributed by atoms with van der Waals surface area (Å²) in [6, 6.07) is 11.7. The van der Waals surface area contributed by atoms with E-state index in [0.29, 0.717) is 24.8 Å². The van der Waals surface area contributed by atoms with E-state index in [1.54, 1.807) is 26.0 Å². The molecule has 1 fully saturated rings. The standard InChI is InChI=1S/C29H38FNO4/c1-5-34-29(33)14-13-26-20(2)8-6-10-27(26)22(4)35-19-25(32)18-31-15-7-9-24(31)16-23-12-11-21(3)28(30)17-23/h6,8,10-14,17,22,24-25,32H,5,7,9,15-16,18-19H2,1-4H3/b14-13+/t22-,24+,25-/m1/s1. The Morgan fingerprint density at radius 2 is 2.06 bits per heavy atom. The topological polar surface area (TPSA) is 59.0 Å². The number of esters is 1. The van der Waals surface area contributed by atoms with Crippen LogP contribution in [0.1, 0.15) is 60.6 Å². The number of hydrogen-bond donors (Lipinski definition) is 1. The van der Waals surface area contributed by atoms with Crippen LogP contribution in [0.4, 0.5) is 4.39 Å². The van der Waals surface area contributed by atoms with E-state index in [1.807, 2.05) is 44.2 Å². The molecule has 0 saturated carbocycles. The van der Waals surface area contributed by atoms with Gasteiger partial charge in [-0.1, -0.05) is 30.3 Å². The molecule has 6 heteroatoms. The second-order valence-electron chi connectivity index (χ2n) is 9.37. The Bertz CT molecular complexity index is 1020. The molecule has 0 aliphatic carbocycles. The Morgan fingerprint density at radius 3 is 2.80 bits per heavy atom. The fourth-order valence-corrected chi connectivity index (χ4v) is 4.70. The number of likely N-dealkylation sites (tertiary alicyclic amines) is 1. The maximum Gasteiger partial charge on any atom is 0.330 e. The zero-order valence-electron chi connectivity index (χ0n) is 21.3. The number of aryl methyl sites for hydroxylation is 2. The van der Waals surface area contributed by atoms with Crippen LogP contribution in [0.3, 0.4) is 0 Å². The van der Waals surface area contributed by atoms with Gasteiger partial charge in [-0.05, 0) is 93.5 Å². The molecule has 0 radical (unpaired) electrons. The van der Waals surface area contributed by atoms with Crippen LogP contribution >= 0.6 is 0 Å². The van der Waals surface area contributed by atoms with Gasteiger partial charge in [-0.15, -0.1) is 0 Å². The third kappa shape index (κ3) is 7.72. The molecule has 0 spiro atoms. The molecule has 190 valence electrons. The Kier molecular flexibility index (Phi) is 10.0. The lowest BCUT2D eigenvalue weighted by atomic mass is 9.98. The number of carbonyl (C=O) groups excluding carboxylic acids is 1. The molecule has 0 amide bonds. The minimum atomic E-state index is -0.629. The first-order valence-corrected chi connectivity index (χ1v) is 12.5. The molecule has 0 aromatic heterocycles. The van der Waals surface area contributed by atoms with Gasteiger partial charge in [0.15, 0.2) is 0 Å². The number of nitrogens with zero attached hydrogens (tertiary/aromatic N) is 1. The van der Waals surface area contributed by atoms with Crippen molar-refractivity contribution >= 4 is 12.0 Å². The summed E-state index contributed by atoms with van der Waals surface area (Å²) in [6.45, 7) is 9.48. The number of carbonyl (C=O) groups is 1. The molecule has 0 bridgehead atoms. The van der Waals surface area contributed by atoms with Crippen LogP contribution in [0.5, 0.6) is 0 Å². The molecule has 2 aromatic carbocycles. The molecule has 3 atom stereocenters. The van der Waals surface area contributed by atoms with Crippen LogP contribution in [0.15, 0.2) is 42.5 Å². The number of benzene rings is 2. The average Bonchev–Trinajstić information content (AvgIpc) is 3.25. The minimum absolute atomic E-state index is 0.165. The Balaban J connectivity index is 1.56. The Morgan fingerprint density at radius 1 is 1.26 bits per heavy atom. The molecule has 0 unspecified atom stereocenters. The summed E-state index contributed by atoms with van der Waals surface area (Å²) in [4.78, 5) is 14.1. The highest BCUT2D eigenvalue weighted by Crippen LogP contribution is 2.26. The van der Waals surface area contributed by atoms with E-state index in [2.05, 4.69) is 4.90 Å². The van der Waals surface area contributed by atoms with Gasteiger partial charge in [0.2, 0.25) is 0 Å². The molecular formula is C29H38FNO4. The zero-order valence-corrected chi connectivity index (χ0v) is 21.3. The predicted molar refractivity (Wildman–Crippen MR) is 137 cm³/mol.